The third kappa shape index (κ3) is 57.1. The molecule has 144 valence electrons. The van der Waals surface area contributed by atoms with E-state index < -0.39 is 0 Å². The summed E-state index contributed by atoms with van der Waals surface area (Å²) in [5, 5.41) is 2.68. The van der Waals surface area contributed by atoms with Gasteiger partial charge in [0.25, 0.3) is 0 Å². The number of nitrogens with two attached hydrogens (primary N) is 1. The van der Waals surface area contributed by atoms with Crippen LogP contribution in [0.5, 0.6) is 0 Å². The van der Waals surface area contributed by atoms with Gasteiger partial charge in [0.15, 0.2) is 0 Å². The van der Waals surface area contributed by atoms with Crippen molar-refractivity contribution in [3.05, 3.63) is 27.9 Å². The van der Waals surface area contributed by atoms with Crippen molar-refractivity contribution in [1.82, 2.24) is 5.32 Å². The van der Waals surface area contributed by atoms with Crippen molar-refractivity contribution in [1.29, 1.82) is 0 Å². The molecule has 0 bridgehead atoms. The Morgan fingerprint density at radius 2 is 1.21 bits per heavy atom. The van der Waals surface area contributed by atoms with Gasteiger partial charge in [-0.25, -0.2) is 0 Å². The molecule has 0 fully saturated rings. The number of carbonyl (C=O) groups is 2. The largest absolute Gasteiger partial charge is 2.00 e. The molecule has 0 radical (unpaired) electrons. The summed E-state index contributed by atoms with van der Waals surface area (Å²) < 4.78 is 13.9. The monoisotopic (exact) mass is 684 g/mol. The molecule has 2 atom stereocenters. The molecule has 3 N–H and O–H groups in total. The zero-order valence-corrected chi connectivity index (χ0v) is 21.5. The van der Waals surface area contributed by atoms with E-state index in [9.17, 15) is 9.59 Å². The number of ketones is 2. The normalized spacial score (nSPS) is 11.4. The average molecular weight is 684 g/mol. The van der Waals surface area contributed by atoms with Gasteiger partial charge in [0.2, 0.25) is 0 Å². The van der Waals surface area contributed by atoms with Gasteiger partial charge in [-0.05, 0) is 42.8 Å². The Balaban J connectivity index is -0.0000000560. The zero-order valence-electron chi connectivity index (χ0n) is 17.6. The van der Waals surface area contributed by atoms with Crippen molar-refractivity contribution >= 4 is 11.6 Å². The standard InChI is InChI=1S/2C7H13O.C3H8N.CH4N.2W/c2*1-4-6(2)5-7(3)8;1-3-4-2;1-2;;/h2*6H,3-5H2,1-2H3;4H,2-3H2,1H3;1-2H2;;/q4*-1;2*+2/i2*2D;;;;. The first-order valence-electron chi connectivity index (χ1n) is 8.92. The summed E-state index contributed by atoms with van der Waals surface area (Å²) in [6.45, 7) is 14.1. The Hall–Kier alpha value is 0.377. The smallest absolute Gasteiger partial charge is 0.486 e. The maximum Gasteiger partial charge on any atom is 2.00 e. The van der Waals surface area contributed by atoms with Crippen LogP contribution >= 0.6 is 0 Å². The van der Waals surface area contributed by atoms with Crippen LogP contribution in [-0.2, 0) is 51.7 Å². The molecule has 0 aromatic rings. The van der Waals surface area contributed by atoms with E-state index in [1.807, 2.05) is 20.8 Å². The van der Waals surface area contributed by atoms with Gasteiger partial charge < -0.3 is 34.5 Å². The van der Waals surface area contributed by atoms with Crippen LogP contribution in [0.4, 0.5) is 0 Å². The van der Waals surface area contributed by atoms with Gasteiger partial charge in [0.1, 0.15) is 0 Å². The van der Waals surface area contributed by atoms with E-state index in [0.29, 0.717) is 26.6 Å². The Kier molecular flexibility index (Phi) is 46.3. The molecule has 0 saturated carbocycles. The van der Waals surface area contributed by atoms with E-state index in [2.05, 4.69) is 39.0 Å². The van der Waals surface area contributed by atoms with Crippen molar-refractivity contribution in [2.45, 2.75) is 60.3 Å². The predicted octanol–water partition coefficient (Wildman–Crippen LogP) is 3.77. The first kappa shape index (κ1) is 32.1. The SMILES string of the molecule is [2H]CC(CC)CC([CH2-])=O.[2H]CC(CC)CC([CH2-])=O.[CH2-]N.[CH2-]NCC.[W+2].[W+2]. The maximum absolute atomic E-state index is 10.4. The van der Waals surface area contributed by atoms with Crippen LogP contribution < -0.4 is 11.1 Å². The van der Waals surface area contributed by atoms with Crippen molar-refractivity contribution < 1.29 is 54.5 Å². The molecule has 24 heavy (non-hydrogen) atoms. The first-order valence-corrected chi connectivity index (χ1v) is 7.51. The second-order valence-electron chi connectivity index (χ2n) is 4.64. The van der Waals surface area contributed by atoms with Crippen LogP contribution in [0.1, 0.15) is 63.0 Å². The van der Waals surface area contributed by atoms with Crippen molar-refractivity contribution in [2.75, 3.05) is 6.54 Å². The van der Waals surface area contributed by atoms with E-state index in [1.54, 1.807) is 0 Å². The summed E-state index contributed by atoms with van der Waals surface area (Å²) in [5.74, 6) is 0.369. The number of hydrogen-bond donors (Lipinski definition) is 2. The van der Waals surface area contributed by atoms with Crippen LogP contribution in [0.15, 0.2) is 0 Å². The summed E-state index contributed by atoms with van der Waals surface area (Å²) in [4.78, 5) is 20.8. The molecule has 0 saturated heterocycles. The fraction of sp³-hybridized carbons (Fsp3) is 0.667. The zero-order chi connectivity index (χ0) is 20.0. The van der Waals surface area contributed by atoms with Crippen molar-refractivity contribution in [3.8, 4) is 0 Å². The molecule has 6 heteroatoms. The molecule has 4 nitrogen and oxygen atoms in total. The molecule has 0 aliphatic carbocycles. The number of hydrogen-bond acceptors (Lipinski definition) is 4. The summed E-state index contributed by atoms with van der Waals surface area (Å²) in [6.07, 6.45) is 2.76. The molecule has 0 aromatic carbocycles. The first-order chi connectivity index (χ1) is 11.3. The topological polar surface area (TPSA) is 72.2 Å². The Morgan fingerprint density at radius 3 is 1.25 bits per heavy atom. The summed E-state index contributed by atoms with van der Waals surface area (Å²) in [5.41, 5.74) is 4.25. The van der Waals surface area contributed by atoms with E-state index >= 15 is 0 Å². The Labute approximate surface area is 183 Å². The minimum Gasteiger partial charge on any atom is -0.486 e. The summed E-state index contributed by atoms with van der Waals surface area (Å²) >= 11 is 0. The molecule has 0 aliphatic heterocycles. The molecule has 2 unspecified atom stereocenters. The fourth-order valence-corrected chi connectivity index (χ4v) is 0.933. The van der Waals surface area contributed by atoms with Crippen LogP contribution in [0.25, 0.3) is 0 Å². The third-order valence-corrected chi connectivity index (χ3v) is 2.44. The van der Waals surface area contributed by atoms with Gasteiger partial charge in [-0.15, -0.1) is 0 Å². The minimum absolute atomic E-state index is 0. The van der Waals surface area contributed by atoms with Gasteiger partial charge >= 0.3 is 42.1 Å². The van der Waals surface area contributed by atoms with E-state index in [4.69, 9.17) is 2.74 Å². The summed E-state index contributed by atoms with van der Waals surface area (Å²) in [6, 6.07) is 0. The molecule has 0 aromatic heterocycles. The van der Waals surface area contributed by atoms with Crippen molar-refractivity contribution in [3.63, 3.8) is 0 Å². The third-order valence-electron chi connectivity index (χ3n) is 2.44. The second kappa shape index (κ2) is 34.7. The van der Waals surface area contributed by atoms with Crippen LogP contribution in [0, 0.1) is 39.8 Å². The van der Waals surface area contributed by atoms with Crippen LogP contribution in [0.2, 0.25) is 0 Å². The van der Waals surface area contributed by atoms with Crippen LogP contribution in [0.3, 0.4) is 0 Å². The molecule has 0 amide bonds. The molecule has 0 spiro atoms. The summed E-state index contributed by atoms with van der Waals surface area (Å²) in [7, 11) is 6.10. The predicted molar refractivity (Wildman–Crippen MR) is 97.5 cm³/mol. The maximum atomic E-state index is 10.4. The quantitative estimate of drug-likeness (QED) is 0.401. The molecular weight excluding hydrogens is 644 g/mol. The fourth-order valence-electron chi connectivity index (χ4n) is 0.933. The van der Waals surface area contributed by atoms with E-state index in [0.717, 1.165) is 19.4 Å². The van der Waals surface area contributed by atoms with Gasteiger partial charge in [0.05, 0.1) is 0 Å². The second-order valence-corrected chi connectivity index (χ2v) is 4.64. The molecule has 0 heterocycles. The van der Waals surface area contributed by atoms with Gasteiger partial charge in [-0.2, -0.15) is 0 Å². The van der Waals surface area contributed by atoms with Gasteiger partial charge in [-0.3, -0.25) is 14.1 Å². The number of Topliss-reactive ketones (excluding diaryl/α,β-unsaturated/α-hetero) is 2. The average Bonchev–Trinajstić information content (AvgIpc) is 2.59. The number of nitrogens with one attached hydrogen (secondary N) is 1. The van der Waals surface area contributed by atoms with Crippen LogP contribution in [-0.4, -0.2) is 18.1 Å². The van der Waals surface area contributed by atoms with E-state index in [-0.39, 0.29) is 65.5 Å². The van der Waals surface area contributed by atoms with E-state index in [1.165, 1.54) is 0 Å². The van der Waals surface area contributed by atoms with Gasteiger partial charge in [-0.1, -0.05) is 47.4 Å². The Morgan fingerprint density at radius 1 is 0.958 bits per heavy atom. The minimum atomic E-state index is -0.0471. The Bertz CT molecular complexity index is 242. The number of rotatable bonds is 7. The van der Waals surface area contributed by atoms with Crippen molar-refractivity contribution in [2.24, 2.45) is 17.6 Å². The molecule has 0 rings (SSSR count). The molecule has 0 aliphatic rings. The molecular formula is C18H38N2O2W2. The van der Waals surface area contributed by atoms with Gasteiger partial charge in [0, 0.05) is 2.74 Å². The number of carbonyl (C=O) groups excluding carboxylic acids is 2.